The zero-order chi connectivity index (χ0) is 15.0. The number of nitrogens with zero attached hydrogens (tertiary/aromatic N) is 1. The van der Waals surface area contributed by atoms with Gasteiger partial charge in [0.2, 0.25) is 0 Å². The van der Waals surface area contributed by atoms with Crippen LogP contribution in [0.15, 0.2) is 45.4 Å². The van der Waals surface area contributed by atoms with Gasteiger partial charge in [-0.05, 0) is 35.0 Å². The van der Waals surface area contributed by atoms with Gasteiger partial charge in [0.05, 0.1) is 6.54 Å². The number of furan rings is 1. The van der Waals surface area contributed by atoms with Gasteiger partial charge in [-0.25, -0.2) is 5.84 Å². The fourth-order valence-corrected chi connectivity index (χ4v) is 3.00. The number of halogens is 1. The minimum Gasteiger partial charge on any atom is -0.454 e. The van der Waals surface area contributed by atoms with Crippen LogP contribution in [0.3, 0.4) is 0 Å². The summed E-state index contributed by atoms with van der Waals surface area (Å²) in [6.45, 7) is 2.37. The lowest BCUT2D eigenvalue weighted by Crippen LogP contribution is -2.30. The number of hydrazine groups is 1. The molecule has 0 bridgehead atoms. The number of fused-ring (bicyclic) bond motifs is 1. The summed E-state index contributed by atoms with van der Waals surface area (Å²) in [6, 6.07) is 9.94. The Kier molecular flexibility index (Phi) is 3.57. The second kappa shape index (κ2) is 5.38. The van der Waals surface area contributed by atoms with Crippen molar-refractivity contribution in [2.45, 2.75) is 13.5 Å². The van der Waals surface area contributed by atoms with Crippen LogP contribution in [0.2, 0.25) is 0 Å². The van der Waals surface area contributed by atoms with Crippen molar-refractivity contribution < 1.29 is 9.21 Å². The minimum atomic E-state index is -0.419. The van der Waals surface area contributed by atoms with Gasteiger partial charge in [0.1, 0.15) is 5.76 Å². The fourth-order valence-electron chi connectivity index (χ4n) is 2.42. The first kappa shape index (κ1) is 13.9. The van der Waals surface area contributed by atoms with Crippen LogP contribution in [0.25, 0.3) is 10.9 Å². The number of aromatic nitrogens is 1. The van der Waals surface area contributed by atoms with Gasteiger partial charge in [0.25, 0.3) is 0 Å². The summed E-state index contributed by atoms with van der Waals surface area (Å²) in [6.07, 6.45) is 2.01. The fraction of sp³-hybridized carbons (Fsp3) is 0.133. The molecule has 0 atom stereocenters. The van der Waals surface area contributed by atoms with Gasteiger partial charge >= 0.3 is 5.91 Å². The van der Waals surface area contributed by atoms with E-state index >= 15 is 0 Å². The first-order chi connectivity index (χ1) is 10.1. The lowest BCUT2D eigenvalue weighted by Gasteiger charge is -2.02. The average Bonchev–Trinajstić information content (AvgIpc) is 3.00. The van der Waals surface area contributed by atoms with Crippen LogP contribution in [0, 0.1) is 6.92 Å². The number of carbonyl (C=O) groups excluding carboxylic acids is 1. The highest BCUT2D eigenvalue weighted by atomic mass is 79.9. The lowest BCUT2D eigenvalue weighted by atomic mass is 10.2. The van der Waals surface area contributed by atoms with Crippen molar-refractivity contribution in [3.63, 3.8) is 0 Å². The van der Waals surface area contributed by atoms with Crippen molar-refractivity contribution in [2.24, 2.45) is 5.84 Å². The Morgan fingerprint density at radius 1 is 1.43 bits per heavy atom. The van der Waals surface area contributed by atoms with Gasteiger partial charge in [0, 0.05) is 27.1 Å². The van der Waals surface area contributed by atoms with E-state index in [4.69, 9.17) is 10.3 Å². The maximum atomic E-state index is 11.6. The summed E-state index contributed by atoms with van der Waals surface area (Å²) in [4.78, 5) is 11.6. The van der Waals surface area contributed by atoms with Crippen LogP contribution < -0.4 is 11.3 Å². The number of amides is 1. The number of nitrogen functional groups attached to an aromatic ring is 1. The van der Waals surface area contributed by atoms with E-state index in [1.807, 2.05) is 37.4 Å². The molecule has 0 fully saturated rings. The van der Waals surface area contributed by atoms with E-state index < -0.39 is 5.91 Å². The first-order valence-electron chi connectivity index (χ1n) is 6.43. The van der Waals surface area contributed by atoms with Crippen molar-refractivity contribution in [1.82, 2.24) is 9.99 Å². The number of carbonyl (C=O) groups is 1. The second-order valence-electron chi connectivity index (χ2n) is 4.82. The molecule has 5 nitrogen and oxygen atoms in total. The van der Waals surface area contributed by atoms with Crippen molar-refractivity contribution >= 4 is 32.7 Å². The molecule has 6 heteroatoms. The number of hydrogen-bond donors (Lipinski definition) is 2. The Morgan fingerprint density at radius 2 is 2.19 bits per heavy atom. The van der Waals surface area contributed by atoms with E-state index in [9.17, 15) is 4.79 Å². The number of nitrogens with one attached hydrogen (secondary N) is 1. The third-order valence-electron chi connectivity index (χ3n) is 3.37. The van der Waals surface area contributed by atoms with Gasteiger partial charge in [-0.3, -0.25) is 10.2 Å². The number of hydrogen-bond acceptors (Lipinski definition) is 3. The predicted octanol–water partition coefficient (Wildman–Crippen LogP) is 2.96. The molecule has 0 spiro atoms. The third-order valence-corrected chi connectivity index (χ3v) is 4.00. The van der Waals surface area contributed by atoms with Gasteiger partial charge in [-0.2, -0.15) is 0 Å². The number of rotatable bonds is 3. The molecule has 1 amide bonds. The summed E-state index contributed by atoms with van der Waals surface area (Å²) >= 11 is 3.55. The largest absolute Gasteiger partial charge is 0.454 e. The van der Waals surface area contributed by atoms with Crippen molar-refractivity contribution in [1.29, 1.82) is 0 Å². The molecule has 108 valence electrons. The van der Waals surface area contributed by atoms with Crippen LogP contribution in [0.4, 0.5) is 0 Å². The molecular formula is C15H14BrN3O2. The predicted molar refractivity (Wildman–Crippen MR) is 83.8 cm³/mol. The Hall–Kier alpha value is -2.05. The van der Waals surface area contributed by atoms with Gasteiger partial charge < -0.3 is 8.98 Å². The number of aryl methyl sites for hydroxylation is 1. The van der Waals surface area contributed by atoms with Crippen LogP contribution in [-0.4, -0.2) is 10.5 Å². The summed E-state index contributed by atoms with van der Waals surface area (Å²) in [5.74, 6) is 5.68. The van der Waals surface area contributed by atoms with Crippen LogP contribution in [0.5, 0.6) is 0 Å². The second-order valence-corrected chi connectivity index (χ2v) is 5.67. The quantitative estimate of drug-likeness (QED) is 0.434. The first-order valence-corrected chi connectivity index (χ1v) is 7.23. The van der Waals surface area contributed by atoms with Crippen molar-refractivity contribution in [3.05, 3.63) is 58.1 Å². The van der Waals surface area contributed by atoms with Crippen molar-refractivity contribution in [2.75, 3.05) is 0 Å². The van der Waals surface area contributed by atoms with Gasteiger partial charge in [0.15, 0.2) is 5.76 Å². The third kappa shape index (κ3) is 2.48. The molecule has 0 aliphatic carbocycles. The summed E-state index contributed by atoms with van der Waals surface area (Å²) in [5, 5.41) is 1.14. The molecule has 2 aromatic heterocycles. The highest BCUT2D eigenvalue weighted by Gasteiger charge is 2.15. The highest BCUT2D eigenvalue weighted by molar-refractivity contribution is 9.10. The maximum absolute atomic E-state index is 11.6. The van der Waals surface area contributed by atoms with Crippen LogP contribution in [-0.2, 0) is 6.54 Å². The Bertz CT molecular complexity index is 820. The highest BCUT2D eigenvalue weighted by Crippen LogP contribution is 2.27. The molecular weight excluding hydrogens is 334 g/mol. The van der Waals surface area contributed by atoms with E-state index in [1.54, 1.807) is 0 Å². The average molecular weight is 348 g/mol. The SMILES string of the molecule is Cc1cc(Cn2cc(Br)c3ccccc32)oc1C(=O)NN. The number of benzene rings is 1. The topological polar surface area (TPSA) is 73.2 Å². The molecule has 0 aliphatic rings. The van der Waals surface area contributed by atoms with Crippen molar-refractivity contribution in [3.8, 4) is 0 Å². The van der Waals surface area contributed by atoms with E-state index in [-0.39, 0.29) is 5.76 Å². The standard InChI is InChI=1S/C15H14BrN3O2/c1-9-6-10(21-14(9)15(20)18-17)7-19-8-12(16)11-4-2-3-5-13(11)19/h2-6,8H,7,17H2,1H3,(H,18,20). The molecule has 0 radical (unpaired) electrons. The van der Waals surface area contributed by atoms with Crippen LogP contribution in [0.1, 0.15) is 21.9 Å². The van der Waals surface area contributed by atoms with E-state index in [0.29, 0.717) is 12.3 Å². The number of para-hydroxylation sites is 1. The molecule has 0 unspecified atom stereocenters. The van der Waals surface area contributed by atoms with E-state index in [1.165, 1.54) is 0 Å². The summed E-state index contributed by atoms with van der Waals surface area (Å²) < 4.78 is 8.70. The molecule has 2 heterocycles. The van der Waals surface area contributed by atoms with Gasteiger partial charge in [-0.15, -0.1) is 0 Å². The Labute approximate surface area is 129 Å². The smallest absolute Gasteiger partial charge is 0.301 e. The zero-order valence-electron chi connectivity index (χ0n) is 11.4. The van der Waals surface area contributed by atoms with Gasteiger partial charge in [-0.1, -0.05) is 18.2 Å². The Morgan fingerprint density at radius 3 is 2.95 bits per heavy atom. The molecule has 0 saturated carbocycles. The molecule has 0 saturated heterocycles. The zero-order valence-corrected chi connectivity index (χ0v) is 13.0. The van der Waals surface area contributed by atoms with E-state index in [2.05, 4.69) is 32.0 Å². The molecule has 0 aliphatic heterocycles. The Balaban J connectivity index is 1.98. The summed E-state index contributed by atoms with van der Waals surface area (Å²) in [5.41, 5.74) is 3.95. The maximum Gasteiger partial charge on any atom is 0.301 e. The van der Waals surface area contributed by atoms with Crippen LogP contribution >= 0.6 is 15.9 Å². The van der Waals surface area contributed by atoms with E-state index in [0.717, 1.165) is 20.9 Å². The molecule has 3 aromatic rings. The molecule has 21 heavy (non-hydrogen) atoms. The molecule has 3 N–H and O–H groups in total. The molecule has 1 aromatic carbocycles. The molecule has 3 rings (SSSR count). The minimum absolute atomic E-state index is 0.253. The summed E-state index contributed by atoms with van der Waals surface area (Å²) in [7, 11) is 0. The monoisotopic (exact) mass is 347 g/mol. The lowest BCUT2D eigenvalue weighted by molar-refractivity contribution is 0.0923. The number of nitrogens with two attached hydrogens (primary N) is 1. The normalized spacial score (nSPS) is 11.0.